The van der Waals surface area contributed by atoms with E-state index in [0.717, 1.165) is 41.0 Å². The fourth-order valence-corrected chi connectivity index (χ4v) is 2.73. The van der Waals surface area contributed by atoms with Gasteiger partial charge in [0.15, 0.2) is 0 Å². The lowest BCUT2D eigenvalue weighted by molar-refractivity contribution is 0.317. The molecule has 0 bridgehead atoms. The van der Waals surface area contributed by atoms with E-state index in [1.54, 1.807) is 12.4 Å². The first-order valence-corrected chi connectivity index (χ1v) is 8.91. The van der Waals surface area contributed by atoms with Crippen molar-refractivity contribution in [1.82, 2.24) is 15.1 Å². The number of hydrogen-bond donors (Lipinski definition) is 0. The third-order valence-electron chi connectivity index (χ3n) is 4.16. The smallest absolute Gasteiger partial charge is 0.258 e. The molecule has 0 N–H and O–H groups in total. The summed E-state index contributed by atoms with van der Waals surface area (Å²) in [6.45, 7) is 2.83. The van der Waals surface area contributed by atoms with Crippen LogP contribution in [0.3, 0.4) is 0 Å². The molecule has 2 aromatic heterocycles. The van der Waals surface area contributed by atoms with E-state index in [2.05, 4.69) is 46.3 Å². The minimum atomic E-state index is 0.485. The number of ether oxygens (including phenoxy) is 1. The molecule has 2 aromatic carbocycles. The van der Waals surface area contributed by atoms with E-state index >= 15 is 0 Å². The molecular weight excluding hydrogens is 338 g/mol. The van der Waals surface area contributed by atoms with E-state index in [0.29, 0.717) is 11.7 Å². The van der Waals surface area contributed by atoms with Gasteiger partial charge in [0.05, 0.1) is 6.61 Å². The summed E-state index contributed by atoms with van der Waals surface area (Å²) >= 11 is 0. The van der Waals surface area contributed by atoms with Crippen molar-refractivity contribution in [2.75, 3.05) is 6.61 Å². The van der Waals surface area contributed by atoms with E-state index in [4.69, 9.17) is 9.26 Å². The van der Waals surface area contributed by atoms with Gasteiger partial charge in [0.1, 0.15) is 5.75 Å². The standard InChI is InChI=1S/C22H19N3O2/c1-2-15-26-20-9-7-17(8-10-20)16-3-5-18(6-4-16)21-24-22(27-25-21)19-11-13-23-14-12-19/h3-14H,2,15H2,1H3. The summed E-state index contributed by atoms with van der Waals surface area (Å²) in [6.07, 6.45) is 4.40. The van der Waals surface area contributed by atoms with Crippen LogP contribution in [0.25, 0.3) is 34.0 Å². The maximum absolute atomic E-state index is 5.63. The van der Waals surface area contributed by atoms with Gasteiger partial charge >= 0.3 is 0 Å². The number of aromatic nitrogens is 3. The molecule has 4 aromatic rings. The van der Waals surface area contributed by atoms with Gasteiger partial charge in [-0.25, -0.2) is 0 Å². The Morgan fingerprint density at radius 1 is 0.778 bits per heavy atom. The minimum Gasteiger partial charge on any atom is -0.494 e. The number of hydrogen-bond acceptors (Lipinski definition) is 5. The van der Waals surface area contributed by atoms with Crippen molar-refractivity contribution < 1.29 is 9.26 Å². The molecule has 0 spiro atoms. The van der Waals surface area contributed by atoms with E-state index in [-0.39, 0.29) is 0 Å². The first-order valence-electron chi connectivity index (χ1n) is 8.91. The van der Waals surface area contributed by atoms with Crippen LogP contribution in [-0.4, -0.2) is 21.7 Å². The van der Waals surface area contributed by atoms with Crippen LogP contribution in [0.5, 0.6) is 5.75 Å². The monoisotopic (exact) mass is 357 g/mol. The van der Waals surface area contributed by atoms with Crippen molar-refractivity contribution in [1.29, 1.82) is 0 Å². The quantitative estimate of drug-likeness (QED) is 0.471. The number of pyridine rings is 1. The van der Waals surface area contributed by atoms with Gasteiger partial charge in [0, 0.05) is 23.5 Å². The van der Waals surface area contributed by atoms with Crippen molar-refractivity contribution in [3.8, 4) is 39.7 Å². The molecule has 0 unspecified atom stereocenters. The van der Waals surface area contributed by atoms with Crippen LogP contribution < -0.4 is 4.74 Å². The molecule has 0 aliphatic heterocycles. The van der Waals surface area contributed by atoms with Gasteiger partial charge in [-0.2, -0.15) is 4.98 Å². The fraction of sp³-hybridized carbons (Fsp3) is 0.136. The Bertz CT molecular complexity index is 994. The van der Waals surface area contributed by atoms with Gasteiger partial charge in [0.2, 0.25) is 5.82 Å². The zero-order valence-corrected chi connectivity index (χ0v) is 15.0. The predicted octanol–water partition coefficient (Wildman–Crippen LogP) is 5.25. The van der Waals surface area contributed by atoms with Crippen LogP contribution in [0.2, 0.25) is 0 Å². The molecule has 0 saturated carbocycles. The molecule has 5 nitrogen and oxygen atoms in total. The summed E-state index contributed by atoms with van der Waals surface area (Å²) in [4.78, 5) is 8.47. The molecule has 2 heterocycles. The topological polar surface area (TPSA) is 61.0 Å². The molecule has 0 radical (unpaired) electrons. The molecular formula is C22H19N3O2. The van der Waals surface area contributed by atoms with Crippen LogP contribution in [0.15, 0.2) is 77.6 Å². The van der Waals surface area contributed by atoms with Crippen LogP contribution in [0.4, 0.5) is 0 Å². The first kappa shape index (κ1) is 17.0. The Morgan fingerprint density at radius 2 is 1.41 bits per heavy atom. The van der Waals surface area contributed by atoms with E-state index in [1.165, 1.54) is 0 Å². The van der Waals surface area contributed by atoms with Crippen molar-refractivity contribution in [3.05, 3.63) is 73.1 Å². The van der Waals surface area contributed by atoms with Gasteiger partial charge in [-0.3, -0.25) is 4.98 Å². The van der Waals surface area contributed by atoms with Crippen LogP contribution >= 0.6 is 0 Å². The van der Waals surface area contributed by atoms with E-state index in [1.807, 2.05) is 36.4 Å². The van der Waals surface area contributed by atoms with Crippen molar-refractivity contribution in [2.24, 2.45) is 0 Å². The normalized spacial score (nSPS) is 10.7. The lowest BCUT2D eigenvalue weighted by atomic mass is 10.0. The Balaban J connectivity index is 1.52. The van der Waals surface area contributed by atoms with Crippen molar-refractivity contribution in [2.45, 2.75) is 13.3 Å². The Kier molecular flexibility index (Phi) is 4.92. The molecule has 5 heteroatoms. The van der Waals surface area contributed by atoms with Gasteiger partial charge in [-0.1, -0.05) is 48.5 Å². The Morgan fingerprint density at radius 3 is 2.07 bits per heavy atom. The zero-order chi connectivity index (χ0) is 18.5. The highest BCUT2D eigenvalue weighted by Crippen LogP contribution is 2.26. The minimum absolute atomic E-state index is 0.485. The van der Waals surface area contributed by atoms with E-state index in [9.17, 15) is 0 Å². The largest absolute Gasteiger partial charge is 0.494 e. The first-order chi connectivity index (χ1) is 13.3. The average molecular weight is 357 g/mol. The SMILES string of the molecule is CCCOc1ccc(-c2ccc(-c3noc(-c4ccncc4)n3)cc2)cc1. The molecule has 0 atom stereocenters. The highest BCUT2D eigenvalue weighted by atomic mass is 16.5. The number of benzene rings is 2. The highest BCUT2D eigenvalue weighted by Gasteiger charge is 2.10. The second-order valence-electron chi connectivity index (χ2n) is 6.11. The molecule has 4 rings (SSSR count). The number of nitrogens with zero attached hydrogens (tertiary/aromatic N) is 3. The summed E-state index contributed by atoms with van der Waals surface area (Å²) in [5.41, 5.74) is 4.02. The molecule has 0 fully saturated rings. The third-order valence-corrected chi connectivity index (χ3v) is 4.16. The maximum Gasteiger partial charge on any atom is 0.258 e. The molecule has 0 aliphatic carbocycles. The summed E-state index contributed by atoms with van der Waals surface area (Å²) in [5, 5.41) is 4.08. The molecule has 0 saturated heterocycles. The second-order valence-corrected chi connectivity index (χ2v) is 6.11. The second kappa shape index (κ2) is 7.83. The predicted molar refractivity (Wildman–Crippen MR) is 104 cm³/mol. The zero-order valence-electron chi connectivity index (χ0n) is 15.0. The van der Waals surface area contributed by atoms with Gasteiger partial charge < -0.3 is 9.26 Å². The summed E-state index contributed by atoms with van der Waals surface area (Å²) in [6, 6.07) is 19.9. The highest BCUT2D eigenvalue weighted by molar-refractivity contribution is 5.68. The van der Waals surface area contributed by atoms with E-state index < -0.39 is 0 Å². The molecule has 27 heavy (non-hydrogen) atoms. The van der Waals surface area contributed by atoms with Crippen molar-refractivity contribution in [3.63, 3.8) is 0 Å². The van der Waals surface area contributed by atoms with Crippen LogP contribution in [0.1, 0.15) is 13.3 Å². The van der Waals surface area contributed by atoms with Gasteiger partial charge in [0.25, 0.3) is 5.89 Å². The third kappa shape index (κ3) is 3.87. The lowest BCUT2D eigenvalue weighted by Gasteiger charge is -2.06. The molecule has 0 aliphatic rings. The maximum atomic E-state index is 5.63. The summed E-state index contributed by atoms with van der Waals surface area (Å²) in [5.74, 6) is 1.95. The van der Waals surface area contributed by atoms with Gasteiger partial charge in [-0.05, 0) is 41.8 Å². The summed E-state index contributed by atoms with van der Waals surface area (Å²) < 4.78 is 11.0. The Hall–Kier alpha value is -3.47. The molecule has 0 amide bonds. The lowest BCUT2D eigenvalue weighted by Crippen LogP contribution is -1.94. The fourth-order valence-electron chi connectivity index (χ4n) is 2.73. The van der Waals surface area contributed by atoms with Crippen molar-refractivity contribution >= 4 is 0 Å². The van der Waals surface area contributed by atoms with Crippen LogP contribution in [-0.2, 0) is 0 Å². The van der Waals surface area contributed by atoms with Gasteiger partial charge in [-0.15, -0.1) is 0 Å². The van der Waals surface area contributed by atoms with Crippen LogP contribution in [0, 0.1) is 0 Å². The molecule has 134 valence electrons. The summed E-state index contributed by atoms with van der Waals surface area (Å²) in [7, 11) is 0. The average Bonchev–Trinajstić information content (AvgIpc) is 3.24. The number of rotatable bonds is 6. The Labute approximate surface area is 157 Å².